The molecule has 3 rings (SSSR count). The topological polar surface area (TPSA) is 33.6 Å². The molecular weight excluding hydrogens is 269 g/mol. The zero-order valence-electron chi connectivity index (χ0n) is 9.61. The van der Waals surface area contributed by atoms with Crippen LogP contribution in [0.15, 0.2) is 23.7 Å². The first-order chi connectivity index (χ1) is 8.66. The van der Waals surface area contributed by atoms with Gasteiger partial charge in [0.1, 0.15) is 11.3 Å². The highest BCUT2D eigenvalue weighted by molar-refractivity contribution is 7.71. The SMILES string of the molecule is Cc1ncsc1Cn1c(=S)[nH]c2c(F)cccc21. The van der Waals surface area contributed by atoms with Crippen molar-refractivity contribution in [1.82, 2.24) is 14.5 Å². The molecule has 0 saturated heterocycles. The number of nitrogens with zero attached hydrogens (tertiary/aromatic N) is 2. The maximum absolute atomic E-state index is 13.6. The Bertz CT molecular complexity index is 769. The first kappa shape index (κ1) is 11.6. The molecule has 0 aliphatic carbocycles. The second-order valence-corrected chi connectivity index (χ2v) is 5.34. The number of benzene rings is 1. The van der Waals surface area contributed by atoms with Gasteiger partial charge < -0.3 is 9.55 Å². The number of thiazole rings is 1. The summed E-state index contributed by atoms with van der Waals surface area (Å²) in [6.45, 7) is 2.59. The molecule has 0 unspecified atom stereocenters. The van der Waals surface area contributed by atoms with E-state index in [1.54, 1.807) is 17.4 Å². The average molecular weight is 279 g/mol. The van der Waals surface area contributed by atoms with Crippen molar-refractivity contribution in [3.05, 3.63) is 44.9 Å². The lowest BCUT2D eigenvalue weighted by molar-refractivity contribution is 0.637. The fourth-order valence-corrected chi connectivity index (χ4v) is 2.95. The number of aryl methyl sites for hydroxylation is 1. The largest absolute Gasteiger partial charge is 0.328 e. The minimum atomic E-state index is -0.279. The standard InChI is InChI=1S/C12H10FN3S2/c1-7-10(18-6-14-7)5-16-9-4-2-3-8(13)11(9)15-12(16)17/h2-4,6H,5H2,1H3,(H,15,17). The summed E-state index contributed by atoms with van der Waals surface area (Å²) in [5, 5.41) is 0. The van der Waals surface area contributed by atoms with E-state index in [0.717, 1.165) is 16.1 Å². The van der Waals surface area contributed by atoms with Crippen molar-refractivity contribution in [2.75, 3.05) is 0 Å². The zero-order chi connectivity index (χ0) is 12.7. The summed E-state index contributed by atoms with van der Waals surface area (Å²) in [5.41, 5.74) is 4.05. The molecule has 0 aliphatic rings. The van der Waals surface area contributed by atoms with Crippen LogP contribution in [0.1, 0.15) is 10.6 Å². The van der Waals surface area contributed by atoms with E-state index >= 15 is 0 Å². The van der Waals surface area contributed by atoms with Crippen LogP contribution >= 0.6 is 23.6 Å². The van der Waals surface area contributed by atoms with E-state index in [0.29, 0.717) is 16.8 Å². The monoisotopic (exact) mass is 279 g/mol. The van der Waals surface area contributed by atoms with Gasteiger partial charge in [-0.3, -0.25) is 0 Å². The molecular formula is C12H10FN3S2. The van der Waals surface area contributed by atoms with Crippen molar-refractivity contribution in [2.24, 2.45) is 0 Å². The Morgan fingerprint density at radius 3 is 3.06 bits per heavy atom. The Morgan fingerprint density at radius 1 is 1.50 bits per heavy atom. The van der Waals surface area contributed by atoms with Crippen molar-refractivity contribution in [1.29, 1.82) is 0 Å². The molecule has 18 heavy (non-hydrogen) atoms. The van der Waals surface area contributed by atoms with Crippen LogP contribution in [-0.2, 0) is 6.54 Å². The summed E-state index contributed by atoms with van der Waals surface area (Å²) in [5.74, 6) is -0.279. The molecule has 92 valence electrons. The van der Waals surface area contributed by atoms with Gasteiger partial charge in [-0.2, -0.15) is 0 Å². The highest BCUT2D eigenvalue weighted by Gasteiger charge is 2.10. The van der Waals surface area contributed by atoms with E-state index in [-0.39, 0.29) is 5.82 Å². The molecule has 0 spiro atoms. The van der Waals surface area contributed by atoms with Crippen LogP contribution in [-0.4, -0.2) is 14.5 Å². The predicted molar refractivity (Wildman–Crippen MR) is 73.0 cm³/mol. The number of imidazole rings is 1. The number of hydrogen-bond acceptors (Lipinski definition) is 3. The summed E-state index contributed by atoms with van der Waals surface area (Å²) < 4.78 is 16.1. The Balaban J connectivity index is 2.18. The van der Waals surface area contributed by atoms with E-state index in [1.807, 2.05) is 23.1 Å². The lowest BCUT2D eigenvalue weighted by atomic mass is 10.3. The minimum absolute atomic E-state index is 0.279. The Kier molecular flexibility index (Phi) is 2.76. The van der Waals surface area contributed by atoms with Crippen LogP contribution in [0.25, 0.3) is 11.0 Å². The predicted octanol–water partition coefficient (Wildman–Crippen LogP) is 3.65. The first-order valence-corrected chi connectivity index (χ1v) is 6.71. The first-order valence-electron chi connectivity index (χ1n) is 5.43. The highest BCUT2D eigenvalue weighted by Crippen LogP contribution is 2.21. The third kappa shape index (κ3) is 1.77. The maximum Gasteiger partial charge on any atom is 0.178 e. The van der Waals surface area contributed by atoms with Gasteiger partial charge in [-0.05, 0) is 31.3 Å². The molecule has 0 amide bonds. The normalized spacial score (nSPS) is 11.2. The molecule has 2 heterocycles. The number of hydrogen-bond donors (Lipinski definition) is 1. The molecule has 2 aromatic heterocycles. The van der Waals surface area contributed by atoms with E-state index in [2.05, 4.69) is 9.97 Å². The summed E-state index contributed by atoms with van der Waals surface area (Å²) in [6.07, 6.45) is 0. The molecule has 0 bridgehead atoms. The van der Waals surface area contributed by atoms with Crippen LogP contribution in [0.2, 0.25) is 0 Å². The maximum atomic E-state index is 13.6. The number of nitrogens with one attached hydrogen (secondary N) is 1. The highest BCUT2D eigenvalue weighted by atomic mass is 32.1. The number of aromatic nitrogens is 3. The van der Waals surface area contributed by atoms with Crippen LogP contribution in [0.5, 0.6) is 0 Å². The van der Waals surface area contributed by atoms with E-state index in [9.17, 15) is 4.39 Å². The third-order valence-corrected chi connectivity index (χ3v) is 4.15. The molecule has 0 saturated carbocycles. The molecule has 0 aliphatic heterocycles. The van der Waals surface area contributed by atoms with Crippen molar-refractivity contribution < 1.29 is 4.39 Å². The second-order valence-electron chi connectivity index (χ2n) is 4.01. The van der Waals surface area contributed by atoms with Crippen molar-refractivity contribution >= 4 is 34.6 Å². The quantitative estimate of drug-likeness (QED) is 0.726. The summed E-state index contributed by atoms with van der Waals surface area (Å²) in [7, 11) is 0. The molecule has 0 atom stereocenters. The Labute approximate surface area is 112 Å². The fraction of sp³-hybridized carbons (Fsp3) is 0.167. The number of rotatable bonds is 2. The van der Waals surface area contributed by atoms with Crippen LogP contribution in [0.3, 0.4) is 0 Å². The van der Waals surface area contributed by atoms with Gasteiger partial charge in [0.2, 0.25) is 0 Å². The van der Waals surface area contributed by atoms with Gasteiger partial charge in [-0.1, -0.05) is 6.07 Å². The van der Waals surface area contributed by atoms with Crippen molar-refractivity contribution in [3.63, 3.8) is 0 Å². The van der Waals surface area contributed by atoms with Gasteiger partial charge in [-0.15, -0.1) is 11.3 Å². The number of H-pyrrole nitrogens is 1. The molecule has 3 nitrogen and oxygen atoms in total. The summed E-state index contributed by atoms with van der Waals surface area (Å²) in [6, 6.07) is 4.98. The Morgan fingerprint density at radius 2 is 2.33 bits per heavy atom. The van der Waals surface area contributed by atoms with Gasteiger partial charge in [-0.25, -0.2) is 9.37 Å². The summed E-state index contributed by atoms with van der Waals surface area (Å²) >= 11 is 6.84. The number of fused-ring (bicyclic) bond motifs is 1. The van der Waals surface area contributed by atoms with E-state index in [1.165, 1.54) is 6.07 Å². The lowest BCUT2D eigenvalue weighted by Crippen LogP contribution is -1.99. The molecule has 1 N–H and O–H groups in total. The van der Waals surface area contributed by atoms with Gasteiger partial charge in [0.15, 0.2) is 4.77 Å². The van der Waals surface area contributed by atoms with E-state index < -0.39 is 0 Å². The average Bonchev–Trinajstić information content (AvgIpc) is 2.87. The van der Waals surface area contributed by atoms with Gasteiger partial charge in [0, 0.05) is 4.88 Å². The molecule has 3 aromatic rings. The van der Waals surface area contributed by atoms with Gasteiger partial charge >= 0.3 is 0 Å². The minimum Gasteiger partial charge on any atom is -0.328 e. The van der Waals surface area contributed by atoms with Crippen molar-refractivity contribution in [2.45, 2.75) is 13.5 Å². The molecule has 1 aromatic carbocycles. The summed E-state index contributed by atoms with van der Waals surface area (Å²) in [4.78, 5) is 8.26. The fourth-order valence-electron chi connectivity index (χ4n) is 1.92. The number of halogens is 1. The molecule has 0 fully saturated rings. The molecule has 6 heteroatoms. The lowest BCUT2D eigenvalue weighted by Gasteiger charge is -2.03. The Hall–Kier alpha value is -1.53. The van der Waals surface area contributed by atoms with Crippen molar-refractivity contribution in [3.8, 4) is 0 Å². The van der Waals surface area contributed by atoms with Crippen LogP contribution in [0.4, 0.5) is 4.39 Å². The van der Waals surface area contributed by atoms with Crippen LogP contribution in [0, 0.1) is 17.5 Å². The van der Waals surface area contributed by atoms with Gasteiger partial charge in [0.25, 0.3) is 0 Å². The number of para-hydroxylation sites is 1. The number of aromatic amines is 1. The zero-order valence-corrected chi connectivity index (χ0v) is 11.2. The van der Waals surface area contributed by atoms with E-state index in [4.69, 9.17) is 12.2 Å². The van der Waals surface area contributed by atoms with Gasteiger partial charge in [0.05, 0.1) is 23.3 Å². The molecule has 0 radical (unpaired) electrons. The second kappa shape index (κ2) is 4.29. The van der Waals surface area contributed by atoms with Crippen LogP contribution < -0.4 is 0 Å². The smallest absolute Gasteiger partial charge is 0.178 e. The third-order valence-electron chi connectivity index (χ3n) is 2.91.